The molecule has 7 heteroatoms. The second-order valence-electron chi connectivity index (χ2n) is 5.07. The zero-order valence-corrected chi connectivity index (χ0v) is 14.6. The van der Waals surface area contributed by atoms with E-state index in [1.807, 2.05) is 42.5 Å². The maximum Gasteiger partial charge on any atom is 0.236 e. The summed E-state index contributed by atoms with van der Waals surface area (Å²) in [7, 11) is 0. The molecule has 0 aliphatic heterocycles. The van der Waals surface area contributed by atoms with E-state index >= 15 is 0 Å². The Bertz CT molecular complexity index is 974. The smallest absolute Gasteiger partial charge is 0.236 e. The van der Waals surface area contributed by atoms with Crippen LogP contribution in [0.2, 0.25) is 0 Å². The van der Waals surface area contributed by atoms with Crippen molar-refractivity contribution in [1.29, 1.82) is 0 Å². The minimum absolute atomic E-state index is 0.738. The van der Waals surface area contributed by atoms with Crippen LogP contribution < -0.4 is 5.32 Å². The zero-order chi connectivity index (χ0) is 15.8. The second-order valence-corrected chi connectivity index (χ2v) is 6.94. The quantitative estimate of drug-likeness (QED) is 0.556. The van der Waals surface area contributed by atoms with Crippen molar-refractivity contribution in [3.63, 3.8) is 0 Å². The maximum absolute atomic E-state index is 4.60. The van der Waals surface area contributed by atoms with Gasteiger partial charge >= 0.3 is 0 Å². The number of aromatic nitrogens is 4. The van der Waals surface area contributed by atoms with Gasteiger partial charge in [-0.25, -0.2) is 0 Å². The predicted octanol–water partition coefficient (Wildman–Crippen LogP) is 4.67. The minimum atomic E-state index is 0.738. The van der Waals surface area contributed by atoms with E-state index in [9.17, 15) is 0 Å². The van der Waals surface area contributed by atoms with Gasteiger partial charge in [-0.1, -0.05) is 57.6 Å². The van der Waals surface area contributed by atoms with Crippen LogP contribution in [-0.2, 0) is 0 Å². The van der Waals surface area contributed by atoms with Crippen LogP contribution in [0, 0.1) is 6.92 Å². The molecule has 2 heterocycles. The highest BCUT2D eigenvalue weighted by atomic mass is 79.9. The van der Waals surface area contributed by atoms with Crippen LogP contribution in [0.1, 0.15) is 5.56 Å². The summed E-state index contributed by atoms with van der Waals surface area (Å²) >= 11 is 4.92. The van der Waals surface area contributed by atoms with Gasteiger partial charge in [-0.2, -0.15) is 4.52 Å². The van der Waals surface area contributed by atoms with E-state index in [2.05, 4.69) is 49.5 Å². The second kappa shape index (κ2) is 5.75. The van der Waals surface area contributed by atoms with Crippen LogP contribution in [0.5, 0.6) is 0 Å². The Balaban J connectivity index is 1.72. The third-order valence-electron chi connectivity index (χ3n) is 3.48. The van der Waals surface area contributed by atoms with Crippen LogP contribution in [0.25, 0.3) is 16.3 Å². The highest BCUT2D eigenvalue weighted by Crippen LogP contribution is 2.27. The van der Waals surface area contributed by atoms with Gasteiger partial charge in [0.2, 0.25) is 10.1 Å². The van der Waals surface area contributed by atoms with Crippen LogP contribution in [0.4, 0.5) is 10.8 Å². The number of rotatable bonds is 3. The number of halogens is 1. The van der Waals surface area contributed by atoms with Gasteiger partial charge in [0.15, 0.2) is 5.82 Å². The average molecular weight is 386 g/mol. The summed E-state index contributed by atoms with van der Waals surface area (Å²) in [5.74, 6) is 0.738. The van der Waals surface area contributed by atoms with Gasteiger partial charge in [0.05, 0.1) is 0 Å². The molecule has 0 aliphatic carbocycles. The first-order valence-corrected chi connectivity index (χ1v) is 8.62. The van der Waals surface area contributed by atoms with Gasteiger partial charge < -0.3 is 5.32 Å². The van der Waals surface area contributed by atoms with E-state index in [-0.39, 0.29) is 0 Å². The summed E-state index contributed by atoms with van der Waals surface area (Å²) in [6.45, 7) is 2.07. The molecule has 0 saturated carbocycles. The van der Waals surface area contributed by atoms with Crippen LogP contribution in [-0.4, -0.2) is 19.8 Å². The topological polar surface area (TPSA) is 55.1 Å². The van der Waals surface area contributed by atoms with Crippen LogP contribution in [0.15, 0.2) is 53.0 Å². The molecule has 0 aliphatic rings. The van der Waals surface area contributed by atoms with Crippen molar-refractivity contribution in [2.24, 2.45) is 0 Å². The van der Waals surface area contributed by atoms with Gasteiger partial charge in [-0.3, -0.25) is 0 Å². The van der Waals surface area contributed by atoms with Crippen molar-refractivity contribution in [3.05, 3.63) is 58.6 Å². The van der Waals surface area contributed by atoms with Gasteiger partial charge in [-0.05, 0) is 30.7 Å². The van der Waals surface area contributed by atoms with Gasteiger partial charge in [0.1, 0.15) is 0 Å². The number of hydrogen-bond donors (Lipinski definition) is 1. The number of nitrogens with zero attached hydrogens (tertiary/aromatic N) is 4. The van der Waals surface area contributed by atoms with E-state index in [4.69, 9.17) is 0 Å². The Morgan fingerprint density at radius 2 is 1.83 bits per heavy atom. The first kappa shape index (κ1) is 14.3. The predicted molar refractivity (Wildman–Crippen MR) is 96.3 cm³/mol. The molecule has 2 aromatic carbocycles. The fourth-order valence-corrected chi connectivity index (χ4v) is 3.29. The summed E-state index contributed by atoms with van der Waals surface area (Å²) in [6, 6.07) is 16.1. The van der Waals surface area contributed by atoms with Crippen molar-refractivity contribution in [2.75, 3.05) is 5.32 Å². The first-order valence-electron chi connectivity index (χ1n) is 7.01. The lowest BCUT2D eigenvalue weighted by atomic mass is 10.2. The Hall–Kier alpha value is -2.25. The van der Waals surface area contributed by atoms with Crippen molar-refractivity contribution in [2.45, 2.75) is 6.92 Å². The molecule has 0 amide bonds. The summed E-state index contributed by atoms with van der Waals surface area (Å²) in [4.78, 5) is 0.763. The number of para-hydroxylation sites is 1. The number of benzene rings is 2. The number of aryl methyl sites for hydroxylation is 1. The normalized spacial score (nSPS) is 11.0. The molecule has 1 N–H and O–H groups in total. The number of hydrogen-bond acceptors (Lipinski definition) is 5. The third-order valence-corrected chi connectivity index (χ3v) is 4.82. The molecular formula is C16H12BrN5S. The molecule has 23 heavy (non-hydrogen) atoms. The molecule has 114 valence electrons. The number of anilines is 2. The Labute approximate surface area is 145 Å². The van der Waals surface area contributed by atoms with E-state index in [1.165, 1.54) is 16.9 Å². The molecule has 0 fully saturated rings. The molecule has 2 aromatic heterocycles. The Morgan fingerprint density at radius 1 is 1.04 bits per heavy atom. The van der Waals surface area contributed by atoms with Crippen molar-refractivity contribution in [1.82, 2.24) is 19.8 Å². The largest absolute Gasteiger partial charge is 0.330 e. The fraction of sp³-hybridized carbons (Fsp3) is 0.0625. The lowest BCUT2D eigenvalue weighted by molar-refractivity contribution is 0.970. The lowest BCUT2D eigenvalue weighted by Crippen LogP contribution is -1.95. The van der Waals surface area contributed by atoms with Gasteiger partial charge in [0.25, 0.3) is 0 Å². The highest BCUT2D eigenvalue weighted by molar-refractivity contribution is 9.10. The van der Waals surface area contributed by atoms with Gasteiger partial charge in [-0.15, -0.1) is 15.3 Å². The minimum Gasteiger partial charge on any atom is -0.330 e. The molecule has 5 nitrogen and oxygen atoms in total. The SMILES string of the molecule is Cc1ccccc1Nc1nn2c(-c3ccc(Br)cc3)nnc2s1. The van der Waals surface area contributed by atoms with Crippen molar-refractivity contribution < 1.29 is 0 Å². The van der Waals surface area contributed by atoms with E-state index in [0.717, 1.165) is 31.6 Å². The summed E-state index contributed by atoms with van der Waals surface area (Å²) in [5.41, 5.74) is 3.20. The molecule has 0 bridgehead atoms. The molecule has 0 spiro atoms. The van der Waals surface area contributed by atoms with E-state index in [1.54, 1.807) is 4.52 Å². The summed E-state index contributed by atoms with van der Waals surface area (Å²) in [6.07, 6.45) is 0. The van der Waals surface area contributed by atoms with Crippen LogP contribution >= 0.6 is 27.3 Å². The number of fused-ring (bicyclic) bond motifs is 1. The van der Waals surface area contributed by atoms with Crippen molar-refractivity contribution >= 4 is 43.0 Å². The maximum atomic E-state index is 4.60. The molecule has 0 radical (unpaired) electrons. The average Bonchev–Trinajstić information content (AvgIpc) is 3.11. The highest BCUT2D eigenvalue weighted by Gasteiger charge is 2.13. The monoisotopic (exact) mass is 385 g/mol. The Morgan fingerprint density at radius 3 is 2.61 bits per heavy atom. The standard InChI is InChI=1S/C16H12BrN5S/c1-10-4-2-3-5-13(10)18-15-21-22-14(19-20-16(22)23-15)11-6-8-12(17)9-7-11/h2-9H,1H3,(H,18,21). The van der Waals surface area contributed by atoms with Gasteiger partial charge in [0, 0.05) is 15.7 Å². The molecule has 0 saturated heterocycles. The third kappa shape index (κ3) is 2.73. The van der Waals surface area contributed by atoms with Crippen molar-refractivity contribution in [3.8, 4) is 11.4 Å². The summed E-state index contributed by atoms with van der Waals surface area (Å²) < 4.78 is 2.80. The molecule has 0 unspecified atom stereocenters. The van der Waals surface area contributed by atoms with Crippen LogP contribution in [0.3, 0.4) is 0 Å². The Kier molecular flexibility index (Phi) is 3.59. The zero-order valence-electron chi connectivity index (χ0n) is 12.2. The fourth-order valence-electron chi connectivity index (χ4n) is 2.27. The molecule has 4 aromatic rings. The lowest BCUT2D eigenvalue weighted by Gasteiger charge is -2.04. The first-order chi connectivity index (χ1) is 11.2. The molecule has 4 rings (SSSR count). The molecular weight excluding hydrogens is 374 g/mol. The molecule has 0 atom stereocenters. The summed E-state index contributed by atoms with van der Waals surface area (Å²) in [5, 5.41) is 17.2. The van der Waals surface area contributed by atoms with E-state index < -0.39 is 0 Å². The number of nitrogens with one attached hydrogen (secondary N) is 1. The van der Waals surface area contributed by atoms with E-state index in [0.29, 0.717) is 0 Å².